The van der Waals surface area contributed by atoms with Crippen LogP contribution in [0, 0.1) is 6.92 Å². The molecule has 3 nitrogen and oxygen atoms in total. The molecule has 0 aliphatic heterocycles. The summed E-state index contributed by atoms with van der Waals surface area (Å²) in [5, 5.41) is 3.17. The van der Waals surface area contributed by atoms with E-state index >= 15 is 0 Å². The monoisotopic (exact) mass is 284 g/mol. The van der Waals surface area contributed by atoms with E-state index in [0.717, 1.165) is 18.8 Å². The van der Waals surface area contributed by atoms with Gasteiger partial charge in [0.1, 0.15) is 12.4 Å². The largest absolute Gasteiger partial charge is 0.491 e. The minimum absolute atomic E-state index is 0.672. The summed E-state index contributed by atoms with van der Waals surface area (Å²) in [7, 11) is 4.04. The Labute approximate surface area is 127 Å². The summed E-state index contributed by atoms with van der Waals surface area (Å²) in [5.41, 5.74) is 3.69. The molecule has 0 aromatic heterocycles. The Kier molecular flexibility index (Phi) is 5.64. The molecule has 0 atom stereocenters. The quantitative estimate of drug-likeness (QED) is 0.845. The van der Waals surface area contributed by atoms with Crippen molar-refractivity contribution in [3.05, 3.63) is 59.7 Å². The molecular formula is C18H24N2O. The molecule has 0 amide bonds. The number of anilines is 1. The van der Waals surface area contributed by atoms with Crippen molar-refractivity contribution in [1.82, 2.24) is 5.32 Å². The van der Waals surface area contributed by atoms with Crippen LogP contribution in [0.1, 0.15) is 11.1 Å². The molecule has 21 heavy (non-hydrogen) atoms. The third kappa shape index (κ3) is 4.50. The maximum absolute atomic E-state index is 5.93. The van der Waals surface area contributed by atoms with E-state index in [1.54, 1.807) is 0 Å². The highest BCUT2D eigenvalue weighted by atomic mass is 16.5. The summed E-state index contributed by atoms with van der Waals surface area (Å²) in [5.74, 6) is 0.962. The van der Waals surface area contributed by atoms with Gasteiger partial charge in [-0.15, -0.1) is 0 Å². The molecule has 2 aromatic rings. The van der Waals surface area contributed by atoms with Gasteiger partial charge in [0.25, 0.3) is 0 Å². The highest BCUT2D eigenvalue weighted by Crippen LogP contribution is 2.18. The summed E-state index contributed by atoms with van der Waals surface area (Å²) in [6.07, 6.45) is 0. The maximum atomic E-state index is 5.93. The minimum Gasteiger partial charge on any atom is -0.491 e. The maximum Gasteiger partial charge on any atom is 0.123 e. The van der Waals surface area contributed by atoms with Gasteiger partial charge < -0.3 is 15.0 Å². The van der Waals surface area contributed by atoms with Gasteiger partial charge in [-0.25, -0.2) is 0 Å². The molecule has 1 N–H and O–H groups in total. The average molecular weight is 284 g/mol. The van der Waals surface area contributed by atoms with E-state index in [-0.39, 0.29) is 0 Å². The Bertz CT molecular complexity index is 569. The zero-order valence-electron chi connectivity index (χ0n) is 13.1. The molecule has 3 heteroatoms. The smallest absolute Gasteiger partial charge is 0.123 e. The van der Waals surface area contributed by atoms with Gasteiger partial charge in [-0.1, -0.05) is 30.3 Å². The molecule has 0 unspecified atom stereocenters. The van der Waals surface area contributed by atoms with Crippen LogP contribution < -0.4 is 15.0 Å². The van der Waals surface area contributed by atoms with Crippen molar-refractivity contribution in [3.8, 4) is 5.75 Å². The normalized spacial score (nSPS) is 10.4. The van der Waals surface area contributed by atoms with Crippen LogP contribution in [-0.4, -0.2) is 27.2 Å². The van der Waals surface area contributed by atoms with Crippen LogP contribution in [-0.2, 0) is 6.54 Å². The van der Waals surface area contributed by atoms with Crippen molar-refractivity contribution in [2.24, 2.45) is 0 Å². The first-order chi connectivity index (χ1) is 10.2. The molecule has 0 aliphatic rings. The zero-order chi connectivity index (χ0) is 15.1. The standard InChI is InChI=1S/C18H24N2O/c1-15-7-6-9-17(13-15)20(3)11-12-21-18-10-5-4-8-16(18)14-19-2/h4-10,13,19H,11-12,14H2,1-3H3. The highest BCUT2D eigenvalue weighted by Gasteiger charge is 2.04. The number of nitrogens with one attached hydrogen (secondary N) is 1. The van der Waals surface area contributed by atoms with E-state index in [2.05, 4.69) is 54.5 Å². The average Bonchev–Trinajstić information content (AvgIpc) is 2.49. The lowest BCUT2D eigenvalue weighted by Crippen LogP contribution is -2.24. The second-order valence-corrected chi connectivity index (χ2v) is 5.25. The number of likely N-dealkylation sites (N-methyl/N-ethyl adjacent to an activating group) is 1. The molecule has 0 saturated carbocycles. The summed E-state index contributed by atoms with van der Waals surface area (Å²) in [6.45, 7) is 4.47. The molecule has 0 heterocycles. The summed E-state index contributed by atoms with van der Waals surface area (Å²) >= 11 is 0. The fraction of sp³-hybridized carbons (Fsp3) is 0.333. The van der Waals surface area contributed by atoms with E-state index in [0.29, 0.717) is 6.61 Å². The molecule has 0 spiro atoms. The number of hydrogen-bond acceptors (Lipinski definition) is 3. The molecule has 2 aromatic carbocycles. The predicted octanol–water partition coefficient (Wildman–Crippen LogP) is 3.23. The first kappa shape index (κ1) is 15.4. The number of aryl methyl sites for hydroxylation is 1. The topological polar surface area (TPSA) is 24.5 Å². The fourth-order valence-electron chi connectivity index (χ4n) is 2.27. The third-order valence-corrected chi connectivity index (χ3v) is 3.47. The van der Waals surface area contributed by atoms with Crippen molar-refractivity contribution in [2.45, 2.75) is 13.5 Å². The van der Waals surface area contributed by atoms with E-state index in [1.165, 1.54) is 16.8 Å². The van der Waals surface area contributed by atoms with Crippen LogP contribution in [0.5, 0.6) is 5.75 Å². The second kappa shape index (κ2) is 7.70. The van der Waals surface area contributed by atoms with Gasteiger partial charge in [0.05, 0.1) is 6.54 Å². The first-order valence-electron chi connectivity index (χ1n) is 7.34. The minimum atomic E-state index is 0.672. The lowest BCUT2D eigenvalue weighted by Gasteiger charge is -2.20. The van der Waals surface area contributed by atoms with Crippen LogP contribution in [0.15, 0.2) is 48.5 Å². The molecule has 2 rings (SSSR count). The van der Waals surface area contributed by atoms with Crippen molar-refractivity contribution in [2.75, 3.05) is 32.1 Å². The van der Waals surface area contributed by atoms with Crippen molar-refractivity contribution in [1.29, 1.82) is 0 Å². The number of ether oxygens (including phenoxy) is 1. The Morgan fingerprint density at radius 3 is 2.67 bits per heavy atom. The molecule has 0 bridgehead atoms. The second-order valence-electron chi connectivity index (χ2n) is 5.25. The number of para-hydroxylation sites is 1. The van der Waals surface area contributed by atoms with Gasteiger partial charge >= 0.3 is 0 Å². The lowest BCUT2D eigenvalue weighted by atomic mass is 10.2. The Morgan fingerprint density at radius 2 is 1.90 bits per heavy atom. The predicted molar refractivity (Wildman–Crippen MR) is 89.1 cm³/mol. The highest BCUT2D eigenvalue weighted by molar-refractivity contribution is 5.47. The third-order valence-electron chi connectivity index (χ3n) is 3.47. The molecule has 0 saturated heterocycles. The molecule has 0 fully saturated rings. The Morgan fingerprint density at radius 1 is 1.10 bits per heavy atom. The van der Waals surface area contributed by atoms with Crippen LogP contribution >= 0.6 is 0 Å². The number of benzene rings is 2. The van der Waals surface area contributed by atoms with E-state index in [9.17, 15) is 0 Å². The van der Waals surface area contributed by atoms with Gasteiger partial charge in [-0.3, -0.25) is 0 Å². The SMILES string of the molecule is CNCc1ccccc1OCCN(C)c1cccc(C)c1. The van der Waals surface area contributed by atoms with Gasteiger partial charge in [0.15, 0.2) is 0 Å². The molecular weight excluding hydrogens is 260 g/mol. The van der Waals surface area contributed by atoms with Gasteiger partial charge in [0.2, 0.25) is 0 Å². The van der Waals surface area contributed by atoms with Crippen LogP contribution in [0.3, 0.4) is 0 Å². The number of nitrogens with zero attached hydrogens (tertiary/aromatic N) is 1. The zero-order valence-corrected chi connectivity index (χ0v) is 13.1. The summed E-state index contributed by atoms with van der Waals surface area (Å²) < 4.78 is 5.93. The van der Waals surface area contributed by atoms with E-state index < -0.39 is 0 Å². The number of rotatable bonds is 7. The Balaban J connectivity index is 1.89. The number of hydrogen-bond donors (Lipinski definition) is 1. The fourth-order valence-corrected chi connectivity index (χ4v) is 2.27. The first-order valence-corrected chi connectivity index (χ1v) is 7.34. The van der Waals surface area contributed by atoms with Crippen LogP contribution in [0.25, 0.3) is 0 Å². The van der Waals surface area contributed by atoms with Crippen molar-refractivity contribution >= 4 is 5.69 Å². The van der Waals surface area contributed by atoms with E-state index in [4.69, 9.17) is 4.74 Å². The molecule has 112 valence electrons. The van der Waals surface area contributed by atoms with E-state index in [1.807, 2.05) is 25.2 Å². The van der Waals surface area contributed by atoms with Crippen LogP contribution in [0.2, 0.25) is 0 Å². The molecule has 0 radical (unpaired) electrons. The van der Waals surface area contributed by atoms with Crippen LogP contribution in [0.4, 0.5) is 5.69 Å². The van der Waals surface area contributed by atoms with Crippen molar-refractivity contribution in [3.63, 3.8) is 0 Å². The summed E-state index contributed by atoms with van der Waals surface area (Å²) in [6, 6.07) is 16.7. The van der Waals surface area contributed by atoms with Gasteiger partial charge in [-0.2, -0.15) is 0 Å². The Hall–Kier alpha value is -2.00. The van der Waals surface area contributed by atoms with Gasteiger partial charge in [-0.05, 0) is 37.7 Å². The lowest BCUT2D eigenvalue weighted by molar-refractivity contribution is 0.322. The molecule has 0 aliphatic carbocycles. The summed E-state index contributed by atoms with van der Waals surface area (Å²) in [4.78, 5) is 2.22. The van der Waals surface area contributed by atoms with Gasteiger partial charge in [0, 0.05) is 24.8 Å². The van der Waals surface area contributed by atoms with Crippen molar-refractivity contribution < 1.29 is 4.74 Å².